The van der Waals surface area contributed by atoms with Crippen molar-refractivity contribution in [1.82, 2.24) is 4.90 Å². The molecule has 230 valence electrons. The van der Waals surface area contributed by atoms with E-state index in [2.05, 4.69) is 20.8 Å². The molecule has 0 radical (unpaired) electrons. The Bertz CT molecular complexity index is 1320. The van der Waals surface area contributed by atoms with Gasteiger partial charge in [0.05, 0.1) is 30.7 Å². The summed E-state index contributed by atoms with van der Waals surface area (Å²) in [6.45, 7) is 11.0. The van der Waals surface area contributed by atoms with Gasteiger partial charge in [0.15, 0.2) is 0 Å². The Morgan fingerprint density at radius 1 is 0.837 bits per heavy atom. The van der Waals surface area contributed by atoms with Crippen LogP contribution >= 0.6 is 0 Å². The van der Waals surface area contributed by atoms with Crippen LogP contribution < -0.4 is 10.4 Å². The molecule has 1 aliphatic heterocycles. The van der Waals surface area contributed by atoms with Gasteiger partial charge in [-0.25, -0.2) is 18.4 Å². The standard InChI is InChI=1S/C34H41F2NO5Si/c1-33(2,3)42-32(39)37-22-28(41-31(38)24-16-10-7-11-17-24)29(30(35)36)27(37)23-40-43(34(4,5)6,25-18-12-8-13-19-25)26-20-14-9-15-21-26/h7-21,27-30H,22-23H2,1-6H3/t27-,28+,29-/m1/s1. The molecule has 0 aromatic heterocycles. The van der Waals surface area contributed by atoms with Gasteiger partial charge in [-0.1, -0.05) is 99.6 Å². The van der Waals surface area contributed by atoms with Crippen LogP contribution in [0.25, 0.3) is 0 Å². The summed E-state index contributed by atoms with van der Waals surface area (Å²) in [7, 11) is -3.13. The lowest BCUT2D eigenvalue weighted by molar-refractivity contribution is -0.0253. The van der Waals surface area contributed by atoms with Crippen molar-refractivity contribution in [3.63, 3.8) is 0 Å². The summed E-state index contributed by atoms with van der Waals surface area (Å²) in [4.78, 5) is 27.7. The quantitative estimate of drug-likeness (QED) is 0.222. The first-order valence-corrected chi connectivity index (χ1v) is 16.4. The Morgan fingerprint density at radius 2 is 1.33 bits per heavy atom. The molecule has 43 heavy (non-hydrogen) atoms. The van der Waals surface area contributed by atoms with Crippen LogP contribution in [0.2, 0.25) is 5.04 Å². The van der Waals surface area contributed by atoms with Gasteiger partial charge in [0.2, 0.25) is 6.43 Å². The van der Waals surface area contributed by atoms with E-state index in [1.54, 1.807) is 51.1 Å². The minimum Gasteiger partial charge on any atom is -0.456 e. The zero-order chi connectivity index (χ0) is 31.4. The highest BCUT2D eigenvalue weighted by molar-refractivity contribution is 6.99. The average Bonchev–Trinajstić information content (AvgIpc) is 3.32. The molecule has 0 bridgehead atoms. The Balaban J connectivity index is 1.76. The molecule has 1 aliphatic rings. The fraction of sp³-hybridized carbons (Fsp3) is 0.412. The number of ether oxygens (including phenoxy) is 2. The van der Waals surface area contributed by atoms with Crippen molar-refractivity contribution in [2.75, 3.05) is 13.2 Å². The molecular formula is C34H41F2NO5Si. The van der Waals surface area contributed by atoms with Crippen molar-refractivity contribution < 1.29 is 32.3 Å². The fourth-order valence-electron chi connectivity index (χ4n) is 5.84. The minimum atomic E-state index is -3.13. The van der Waals surface area contributed by atoms with Gasteiger partial charge < -0.3 is 13.9 Å². The second kappa shape index (κ2) is 13.0. The molecule has 6 nitrogen and oxygen atoms in total. The minimum absolute atomic E-state index is 0.194. The van der Waals surface area contributed by atoms with Crippen molar-refractivity contribution in [3.8, 4) is 0 Å². The molecule has 3 aromatic carbocycles. The molecule has 1 fully saturated rings. The Hall–Kier alpha value is -3.56. The maximum absolute atomic E-state index is 15.0. The van der Waals surface area contributed by atoms with Crippen molar-refractivity contribution in [3.05, 3.63) is 96.6 Å². The predicted octanol–water partition coefficient (Wildman–Crippen LogP) is 6.29. The summed E-state index contributed by atoms with van der Waals surface area (Å²) in [6.07, 6.45) is -4.91. The molecule has 1 heterocycles. The van der Waals surface area contributed by atoms with E-state index in [1.165, 1.54) is 4.90 Å². The summed E-state index contributed by atoms with van der Waals surface area (Å²) in [5, 5.41) is 1.55. The average molecular weight is 610 g/mol. The van der Waals surface area contributed by atoms with Crippen LogP contribution in [0.5, 0.6) is 0 Å². The van der Waals surface area contributed by atoms with Crippen LogP contribution in [0.4, 0.5) is 13.6 Å². The molecule has 1 amide bonds. The third-order valence-electron chi connectivity index (χ3n) is 7.72. The molecule has 0 N–H and O–H groups in total. The maximum atomic E-state index is 15.0. The lowest BCUT2D eigenvalue weighted by Gasteiger charge is -2.44. The first-order valence-electron chi connectivity index (χ1n) is 14.5. The Kier molecular flexibility index (Phi) is 9.76. The van der Waals surface area contributed by atoms with E-state index >= 15 is 0 Å². The van der Waals surface area contributed by atoms with Gasteiger partial charge in [-0.15, -0.1) is 0 Å². The van der Waals surface area contributed by atoms with E-state index in [0.717, 1.165) is 10.4 Å². The highest BCUT2D eigenvalue weighted by Crippen LogP contribution is 2.39. The van der Waals surface area contributed by atoms with E-state index in [4.69, 9.17) is 13.9 Å². The predicted molar refractivity (Wildman–Crippen MR) is 165 cm³/mol. The molecule has 1 saturated heterocycles. The number of hydrogen-bond donors (Lipinski definition) is 0. The number of hydrogen-bond acceptors (Lipinski definition) is 5. The number of carbonyl (C=O) groups is 2. The lowest BCUT2D eigenvalue weighted by Crippen LogP contribution is -2.67. The molecule has 4 rings (SSSR count). The van der Waals surface area contributed by atoms with E-state index in [-0.39, 0.29) is 18.7 Å². The van der Waals surface area contributed by atoms with Gasteiger partial charge in [0.25, 0.3) is 8.32 Å². The summed E-state index contributed by atoms with van der Waals surface area (Å²) >= 11 is 0. The smallest absolute Gasteiger partial charge is 0.410 e. The van der Waals surface area contributed by atoms with Gasteiger partial charge in [-0.3, -0.25) is 4.90 Å². The highest BCUT2D eigenvalue weighted by Gasteiger charge is 2.55. The summed E-state index contributed by atoms with van der Waals surface area (Å²) < 4.78 is 48.2. The second-order valence-electron chi connectivity index (χ2n) is 12.9. The first kappa shape index (κ1) is 32.4. The zero-order valence-corrected chi connectivity index (χ0v) is 26.6. The number of benzene rings is 3. The van der Waals surface area contributed by atoms with Gasteiger partial charge in [-0.2, -0.15) is 0 Å². The van der Waals surface area contributed by atoms with Crippen LogP contribution in [0, 0.1) is 5.92 Å². The fourth-order valence-corrected chi connectivity index (χ4v) is 10.4. The molecule has 0 aliphatic carbocycles. The monoisotopic (exact) mass is 609 g/mol. The number of halogens is 2. The number of alkyl halides is 2. The normalized spacial score (nSPS) is 19.4. The Morgan fingerprint density at radius 3 is 1.77 bits per heavy atom. The number of esters is 1. The van der Waals surface area contributed by atoms with Crippen molar-refractivity contribution >= 4 is 30.8 Å². The van der Waals surface area contributed by atoms with E-state index in [0.29, 0.717) is 0 Å². The second-order valence-corrected chi connectivity index (χ2v) is 17.2. The number of carbonyl (C=O) groups excluding carboxylic acids is 2. The summed E-state index contributed by atoms with van der Waals surface area (Å²) in [5.41, 5.74) is -0.620. The molecule has 9 heteroatoms. The van der Waals surface area contributed by atoms with Gasteiger partial charge in [0, 0.05) is 0 Å². The Labute approximate surface area is 254 Å². The number of rotatable bonds is 8. The van der Waals surface area contributed by atoms with E-state index < -0.39 is 55.5 Å². The van der Waals surface area contributed by atoms with Gasteiger partial charge in [-0.05, 0) is 48.3 Å². The molecule has 0 unspecified atom stereocenters. The van der Waals surface area contributed by atoms with Crippen LogP contribution in [0.3, 0.4) is 0 Å². The zero-order valence-electron chi connectivity index (χ0n) is 25.6. The third kappa shape index (κ3) is 7.16. The number of nitrogens with zero attached hydrogens (tertiary/aromatic N) is 1. The maximum Gasteiger partial charge on any atom is 0.410 e. The van der Waals surface area contributed by atoms with Crippen LogP contribution in [0.15, 0.2) is 91.0 Å². The van der Waals surface area contributed by atoms with Crippen LogP contribution in [-0.2, 0) is 13.9 Å². The van der Waals surface area contributed by atoms with E-state index in [9.17, 15) is 18.4 Å². The molecule has 0 spiro atoms. The molecular weight excluding hydrogens is 568 g/mol. The van der Waals surface area contributed by atoms with E-state index in [1.807, 2.05) is 60.7 Å². The topological polar surface area (TPSA) is 65.1 Å². The summed E-state index contributed by atoms with van der Waals surface area (Å²) in [5.74, 6) is -2.22. The molecule has 3 atom stereocenters. The van der Waals surface area contributed by atoms with Crippen LogP contribution in [-0.4, -0.2) is 62.6 Å². The largest absolute Gasteiger partial charge is 0.456 e. The van der Waals surface area contributed by atoms with Crippen molar-refractivity contribution in [1.29, 1.82) is 0 Å². The van der Waals surface area contributed by atoms with Gasteiger partial charge in [0.1, 0.15) is 11.7 Å². The van der Waals surface area contributed by atoms with Crippen molar-refractivity contribution in [2.24, 2.45) is 5.92 Å². The molecule has 0 saturated carbocycles. The summed E-state index contributed by atoms with van der Waals surface area (Å²) in [6, 6.07) is 26.8. The van der Waals surface area contributed by atoms with Crippen molar-refractivity contribution in [2.45, 2.75) is 70.8 Å². The van der Waals surface area contributed by atoms with Gasteiger partial charge >= 0.3 is 12.1 Å². The molecule has 3 aromatic rings. The van der Waals surface area contributed by atoms with Crippen LogP contribution in [0.1, 0.15) is 51.9 Å². The SMILES string of the molecule is CC(C)(C)OC(=O)N1C[C@H](OC(=O)c2ccccc2)[C@H](C(F)F)[C@H]1CO[Si](c1ccccc1)(c1ccccc1)C(C)(C)C. The lowest BCUT2D eigenvalue weighted by atomic mass is 9.99. The number of likely N-dealkylation sites (tertiary alicyclic amines) is 1. The first-order chi connectivity index (χ1) is 20.2. The number of amides is 1. The third-order valence-corrected chi connectivity index (χ3v) is 12.7. The highest BCUT2D eigenvalue weighted by atomic mass is 28.4.